The first-order chi connectivity index (χ1) is 9.50. The van der Waals surface area contributed by atoms with Crippen LogP contribution in [0.15, 0.2) is 18.3 Å². The van der Waals surface area contributed by atoms with Gasteiger partial charge < -0.3 is 4.74 Å². The summed E-state index contributed by atoms with van der Waals surface area (Å²) in [5, 5.41) is 0. The van der Waals surface area contributed by atoms with E-state index in [9.17, 15) is 31.2 Å². The number of carbonyl (C=O) groups excluding carboxylic acids is 2. The van der Waals surface area contributed by atoms with Crippen LogP contribution in [0.1, 0.15) is 10.4 Å². The fraction of sp³-hybridized carbons (Fsp3) is 0.222. The summed E-state index contributed by atoms with van der Waals surface area (Å²) >= 11 is 0. The average molecular weight is 347 g/mol. The van der Waals surface area contributed by atoms with Gasteiger partial charge in [-0.05, 0) is 12.1 Å². The highest BCUT2D eigenvalue weighted by atomic mass is 35.7. The summed E-state index contributed by atoms with van der Waals surface area (Å²) in [5.41, 5.74) is -0.679. The quantitative estimate of drug-likeness (QED) is 0.604. The van der Waals surface area contributed by atoms with Crippen molar-refractivity contribution in [2.45, 2.75) is 6.18 Å². The van der Waals surface area contributed by atoms with Gasteiger partial charge in [0.25, 0.3) is 0 Å². The SMILES string of the molecule is COC(=O)c1cccnc1N(C(=O)C(F)(F)F)S(=O)(=O)Cl. The van der Waals surface area contributed by atoms with Crippen LogP contribution in [0.5, 0.6) is 0 Å². The zero-order chi connectivity index (χ0) is 16.4. The van der Waals surface area contributed by atoms with E-state index in [2.05, 4.69) is 9.72 Å². The second kappa shape index (κ2) is 5.85. The molecule has 0 aliphatic heterocycles. The summed E-state index contributed by atoms with van der Waals surface area (Å²) in [4.78, 5) is 25.9. The van der Waals surface area contributed by atoms with E-state index in [-0.39, 0.29) is 0 Å². The highest BCUT2D eigenvalue weighted by molar-refractivity contribution is 8.15. The van der Waals surface area contributed by atoms with Crippen molar-refractivity contribution in [3.63, 3.8) is 0 Å². The van der Waals surface area contributed by atoms with E-state index in [1.807, 2.05) is 0 Å². The van der Waals surface area contributed by atoms with Crippen molar-refractivity contribution in [1.29, 1.82) is 0 Å². The van der Waals surface area contributed by atoms with Crippen LogP contribution in [0.2, 0.25) is 0 Å². The number of pyridine rings is 1. The number of alkyl halides is 3. The number of anilines is 1. The molecular formula is C9H6ClF3N2O5S. The Balaban J connectivity index is 3.57. The molecule has 7 nitrogen and oxygen atoms in total. The molecule has 21 heavy (non-hydrogen) atoms. The summed E-state index contributed by atoms with van der Waals surface area (Å²) < 4.78 is 63.4. The maximum Gasteiger partial charge on any atom is 0.472 e. The minimum Gasteiger partial charge on any atom is -0.465 e. The highest BCUT2D eigenvalue weighted by Crippen LogP contribution is 2.29. The lowest BCUT2D eigenvalue weighted by Gasteiger charge is -2.20. The highest BCUT2D eigenvalue weighted by Gasteiger charge is 2.48. The van der Waals surface area contributed by atoms with Crippen LogP contribution in [0.25, 0.3) is 0 Å². The molecular weight excluding hydrogens is 341 g/mol. The third-order valence-corrected chi connectivity index (χ3v) is 3.22. The Morgan fingerprint density at radius 1 is 1.38 bits per heavy atom. The van der Waals surface area contributed by atoms with Gasteiger partial charge in [0.05, 0.1) is 7.11 Å². The summed E-state index contributed by atoms with van der Waals surface area (Å²) in [6, 6.07) is 2.06. The monoisotopic (exact) mass is 346 g/mol. The van der Waals surface area contributed by atoms with Gasteiger partial charge in [-0.3, -0.25) is 4.79 Å². The standard InChI is InChI=1S/C9H6ClF3N2O5S/c1-20-7(16)5-3-2-4-14-6(5)15(21(10,18)19)8(17)9(11,12)13/h2-4H,1H3. The van der Waals surface area contributed by atoms with Gasteiger partial charge in [0, 0.05) is 16.9 Å². The largest absolute Gasteiger partial charge is 0.472 e. The van der Waals surface area contributed by atoms with Crippen molar-refractivity contribution >= 4 is 37.6 Å². The van der Waals surface area contributed by atoms with Crippen molar-refractivity contribution in [2.75, 3.05) is 11.4 Å². The second-order valence-corrected chi connectivity index (χ2v) is 5.73. The Bertz CT molecular complexity index is 676. The summed E-state index contributed by atoms with van der Waals surface area (Å²) in [6.45, 7) is 0. The average Bonchev–Trinajstić information content (AvgIpc) is 2.36. The number of hydrogen-bond acceptors (Lipinski definition) is 6. The Hall–Kier alpha value is -1.88. The number of amides is 1. The molecule has 0 unspecified atom stereocenters. The van der Waals surface area contributed by atoms with E-state index >= 15 is 0 Å². The Labute approximate surface area is 120 Å². The number of nitrogens with zero attached hydrogens (tertiary/aromatic N) is 2. The molecule has 0 spiro atoms. The third kappa shape index (κ3) is 3.82. The molecule has 0 saturated carbocycles. The third-order valence-electron chi connectivity index (χ3n) is 2.03. The lowest BCUT2D eigenvalue weighted by Crippen LogP contribution is -2.44. The van der Waals surface area contributed by atoms with E-state index in [4.69, 9.17) is 10.7 Å². The van der Waals surface area contributed by atoms with E-state index in [0.29, 0.717) is 0 Å². The number of rotatable bonds is 3. The summed E-state index contributed by atoms with van der Waals surface area (Å²) in [7, 11) is 0.548. The number of halogens is 4. The van der Waals surface area contributed by atoms with Crippen LogP contribution >= 0.6 is 10.7 Å². The smallest absolute Gasteiger partial charge is 0.465 e. The normalized spacial score (nSPS) is 11.9. The fourth-order valence-corrected chi connectivity index (χ4v) is 2.28. The van der Waals surface area contributed by atoms with Crippen LogP contribution in [0.3, 0.4) is 0 Å². The number of carbonyl (C=O) groups is 2. The Morgan fingerprint density at radius 2 is 1.95 bits per heavy atom. The minimum absolute atomic E-state index is 0.679. The van der Waals surface area contributed by atoms with Crippen molar-refractivity contribution in [1.82, 2.24) is 4.98 Å². The van der Waals surface area contributed by atoms with E-state index in [1.165, 1.54) is 0 Å². The number of aromatic nitrogens is 1. The molecule has 1 aromatic rings. The van der Waals surface area contributed by atoms with Crippen LogP contribution < -0.4 is 4.31 Å². The molecule has 0 atom stereocenters. The molecule has 12 heteroatoms. The van der Waals surface area contributed by atoms with Crippen molar-refractivity contribution in [2.24, 2.45) is 0 Å². The van der Waals surface area contributed by atoms with Gasteiger partial charge in [-0.25, -0.2) is 9.78 Å². The zero-order valence-corrected chi connectivity index (χ0v) is 11.7. The first-order valence-electron chi connectivity index (χ1n) is 4.89. The number of methoxy groups -OCH3 is 1. The first kappa shape index (κ1) is 17.2. The minimum atomic E-state index is -5.55. The van der Waals surface area contributed by atoms with Crippen LogP contribution in [-0.4, -0.2) is 38.6 Å². The van der Waals surface area contributed by atoms with Gasteiger partial charge >= 0.3 is 27.3 Å². The van der Waals surface area contributed by atoms with E-state index in [0.717, 1.165) is 25.4 Å². The number of hydrogen-bond donors (Lipinski definition) is 0. The first-order valence-corrected chi connectivity index (χ1v) is 7.16. The molecule has 0 radical (unpaired) electrons. The molecule has 0 bridgehead atoms. The van der Waals surface area contributed by atoms with Gasteiger partial charge in [-0.15, -0.1) is 0 Å². The molecule has 0 aromatic carbocycles. The lowest BCUT2D eigenvalue weighted by molar-refractivity contribution is -0.169. The van der Waals surface area contributed by atoms with E-state index < -0.39 is 43.0 Å². The van der Waals surface area contributed by atoms with Crippen molar-refractivity contribution in [3.8, 4) is 0 Å². The zero-order valence-electron chi connectivity index (χ0n) is 10.1. The van der Waals surface area contributed by atoms with Crippen LogP contribution in [0.4, 0.5) is 19.0 Å². The molecule has 1 heterocycles. The fourth-order valence-electron chi connectivity index (χ4n) is 1.24. The van der Waals surface area contributed by atoms with Crippen LogP contribution in [0, 0.1) is 0 Å². The second-order valence-electron chi connectivity index (χ2n) is 3.38. The molecule has 1 rings (SSSR count). The molecule has 1 amide bonds. The van der Waals surface area contributed by atoms with Gasteiger partial charge in [0.2, 0.25) is 0 Å². The van der Waals surface area contributed by atoms with Crippen LogP contribution in [-0.2, 0) is 18.8 Å². The summed E-state index contributed by atoms with van der Waals surface area (Å²) in [5.74, 6) is -5.12. The van der Waals surface area contributed by atoms with Gasteiger partial charge in [-0.2, -0.15) is 25.9 Å². The maximum atomic E-state index is 12.5. The number of esters is 1. The van der Waals surface area contributed by atoms with Crippen molar-refractivity contribution in [3.05, 3.63) is 23.9 Å². The van der Waals surface area contributed by atoms with Gasteiger partial charge in [0.1, 0.15) is 5.56 Å². The molecule has 0 aliphatic rings. The number of ether oxygens (including phenoxy) is 1. The van der Waals surface area contributed by atoms with E-state index in [1.54, 1.807) is 0 Å². The topological polar surface area (TPSA) is 93.6 Å². The summed E-state index contributed by atoms with van der Waals surface area (Å²) in [6.07, 6.45) is -4.67. The van der Waals surface area contributed by atoms with Gasteiger partial charge in [-0.1, -0.05) is 0 Å². The molecule has 116 valence electrons. The van der Waals surface area contributed by atoms with Crippen molar-refractivity contribution < 1.29 is 35.9 Å². The lowest BCUT2D eigenvalue weighted by atomic mass is 10.2. The molecule has 1 aromatic heterocycles. The maximum absolute atomic E-state index is 12.5. The molecule has 0 fully saturated rings. The predicted octanol–water partition coefficient (Wildman–Crippen LogP) is 1.25. The Kier molecular flexibility index (Phi) is 4.79. The van der Waals surface area contributed by atoms with Gasteiger partial charge in [0.15, 0.2) is 5.82 Å². The molecule has 0 saturated heterocycles. The Morgan fingerprint density at radius 3 is 2.38 bits per heavy atom. The molecule has 0 aliphatic carbocycles. The molecule has 0 N–H and O–H groups in total. The predicted molar refractivity (Wildman–Crippen MR) is 63.9 cm³/mol.